The third-order valence-electron chi connectivity index (χ3n) is 6.12. The van der Waals surface area contributed by atoms with Gasteiger partial charge in [0.1, 0.15) is 5.54 Å². The zero-order chi connectivity index (χ0) is 24.8. The summed E-state index contributed by atoms with van der Waals surface area (Å²) >= 11 is 0. The minimum atomic E-state index is -3.42. The molecule has 176 valence electrons. The summed E-state index contributed by atoms with van der Waals surface area (Å²) in [5.41, 5.74) is -0.169. The Morgan fingerprint density at radius 1 is 1.00 bits per heavy atom. The summed E-state index contributed by atoms with van der Waals surface area (Å²) < 4.78 is 23.1. The molecule has 1 atom stereocenters. The number of fused-ring (bicyclic) bond motifs is 1. The third-order valence-corrected chi connectivity index (χ3v) is 7.25. The first-order chi connectivity index (χ1) is 15.9. The van der Waals surface area contributed by atoms with Crippen molar-refractivity contribution in [2.75, 3.05) is 6.26 Å². The highest BCUT2D eigenvalue weighted by Gasteiger charge is 2.48. The molecule has 2 N–H and O–H groups in total. The number of nitrogens with zero attached hydrogens (tertiary/aromatic N) is 1. The number of carbonyl (C=O) groups excluding carboxylic acids is 5. The fraction of sp³-hybridized carbons (Fsp3) is 0.261. The van der Waals surface area contributed by atoms with Gasteiger partial charge in [-0.3, -0.25) is 34.6 Å². The molecule has 1 unspecified atom stereocenters. The van der Waals surface area contributed by atoms with E-state index >= 15 is 0 Å². The SMILES string of the molecule is CC1(N2Cc3ccc(C(=O)NC(=O)c4ccc(S(C)(=O)=O)cc4)cc3C2=O)CCC(=O)NC1=O. The van der Waals surface area contributed by atoms with Gasteiger partial charge in [-0.15, -0.1) is 0 Å². The molecule has 5 amide bonds. The number of benzene rings is 2. The summed E-state index contributed by atoms with van der Waals surface area (Å²) in [6, 6.07) is 9.55. The molecule has 0 radical (unpaired) electrons. The second-order valence-electron chi connectivity index (χ2n) is 8.49. The molecule has 2 aromatic carbocycles. The lowest BCUT2D eigenvalue weighted by Gasteiger charge is -2.39. The number of carbonyl (C=O) groups is 5. The van der Waals surface area contributed by atoms with Crippen molar-refractivity contribution in [3.05, 3.63) is 64.7 Å². The van der Waals surface area contributed by atoms with Crippen LogP contribution in [0.2, 0.25) is 0 Å². The van der Waals surface area contributed by atoms with Crippen molar-refractivity contribution in [3.63, 3.8) is 0 Å². The van der Waals surface area contributed by atoms with E-state index in [1.807, 2.05) is 0 Å². The summed E-state index contributed by atoms with van der Waals surface area (Å²) in [7, 11) is -3.42. The van der Waals surface area contributed by atoms with Gasteiger partial charge in [0.25, 0.3) is 23.6 Å². The molecule has 2 aliphatic rings. The van der Waals surface area contributed by atoms with Crippen LogP contribution in [0, 0.1) is 0 Å². The molecule has 0 bridgehead atoms. The van der Waals surface area contributed by atoms with E-state index in [1.165, 1.54) is 41.3 Å². The summed E-state index contributed by atoms with van der Waals surface area (Å²) in [6.07, 6.45) is 1.35. The van der Waals surface area contributed by atoms with Crippen molar-refractivity contribution in [3.8, 4) is 0 Å². The zero-order valence-corrected chi connectivity index (χ0v) is 19.2. The summed E-state index contributed by atoms with van der Waals surface area (Å²) in [5, 5.41) is 4.48. The van der Waals surface area contributed by atoms with Crippen LogP contribution in [0.5, 0.6) is 0 Å². The summed E-state index contributed by atoms with van der Waals surface area (Å²) in [5.74, 6) is -2.84. The standard InChI is InChI=1S/C23H21N3O7S/c1-23(10-9-18(27)24-22(23)31)26-12-15-4-3-14(11-17(15)21(26)30)20(29)25-19(28)13-5-7-16(8-6-13)34(2,32)33/h3-8,11H,9-10,12H2,1-2H3,(H,24,27,31)(H,25,28,29). The third kappa shape index (κ3) is 4.10. The van der Waals surface area contributed by atoms with E-state index in [1.54, 1.807) is 13.0 Å². The van der Waals surface area contributed by atoms with Crippen LogP contribution in [0.25, 0.3) is 0 Å². The lowest BCUT2D eigenvalue weighted by Crippen LogP contribution is -2.61. The van der Waals surface area contributed by atoms with Gasteiger partial charge in [-0.2, -0.15) is 0 Å². The van der Waals surface area contributed by atoms with Crippen molar-refractivity contribution in [2.45, 2.75) is 36.7 Å². The first-order valence-corrected chi connectivity index (χ1v) is 12.2. The van der Waals surface area contributed by atoms with Gasteiger partial charge in [-0.05, 0) is 55.3 Å². The largest absolute Gasteiger partial charge is 0.320 e. The predicted octanol–water partition coefficient (Wildman–Crippen LogP) is 0.811. The van der Waals surface area contributed by atoms with Crippen LogP contribution in [0.15, 0.2) is 47.4 Å². The highest BCUT2D eigenvalue weighted by Crippen LogP contribution is 2.34. The number of rotatable bonds is 4. The fourth-order valence-electron chi connectivity index (χ4n) is 3.99. The monoisotopic (exact) mass is 483 g/mol. The number of nitrogens with one attached hydrogen (secondary N) is 2. The highest BCUT2D eigenvalue weighted by atomic mass is 32.2. The maximum absolute atomic E-state index is 13.1. The van der Waals surface area contributed by atoms with Gasteiger partial charge in [0.05, 0.1) is 4.90 Å². The van der Waals surface area contributed by atoms with Crippen LogP contribution >= 0.6 is 0 Å². The van der Waals surface area contributed by atoms with E-state index in [0.717, 1.165) is 6.26 Å². The fourth-order valence-corrected chi connectivity index (χ4v) is 4.62. The van der Waals surface area contributed by atoms with Gasteiger partial charge >= 0.3 is 0 Å². The number of piperidine rings is 1. The molecule has 10 nitrogen and oxygen atoms in total. The zero-order valence-electron chi connectivity index (χ0n) is 18.4. The van der Waals surface area contributed by atoms with Crippen molar-refractivity contribution in [2.24, 2.45) is 0 Å². The Balaban J connectivity index is 1.50. The topological polar surface area (TPSA) is 147 Å². The number of imide groups is 2. The molecular weight excluding hydrogens is 462 g/mol. The van der Waals surface area contributed by atoms with E-state index < -0.39 is 39.0 Å². The molecule has 4 rings (SSSR count). The minimum Gasteiger partial charge on any atom is -0.320 e. The van der Waals surface area contributed by atoms with E-state index in [0.29, 0.717) is 5.56 Å². The molecule has 34 heavy (non-hydrogen) atoms. The number of hydrogen-bond donors (Lipinski definition) is 2. The molecule has 0 saturated carbocycles. The smallest absolute Gasteiger partial charge is 0.258 e. The first kappa shape index (κ1) is 23.3. The van der Waals surface area contributed by atoms with Gasteiger partial charge in [0.15, 0.2) is 9.84 Å². The molecule has 0 aliphatic carbocycles. The average Bonchev–Trinajstić information content (AvgIpc) is 3.12. The Morgan fingerprint density at radius 2 is 1.62 bits per heavy atom. The molecular formula is C23H21N3O7S. The van der Waals surface area contributed by atoms with Crippen molar-refractivity contribution in [1.82, 2.24) is 15.5 Å². The van der Waals surface area contributed by atoms with Gasteiger partial charge in [-0.1, -0.05) is 6.07 Å². The van der Waals surface area contributed by atoms with Crippen LogP contribution < -0.4 is 10.6 Å². The molecule has 2 aromatic rings. The average molecular weight is 484 g/mol. The van der Waals surface area contributed by atoms with Crippen LogP contribution in [0.3, 0.4) is 0 Å². The molecule has 2 aliphatic heterocycles. The number of hydrogen-bond acceptors (Lipinski definition) is 7. The molecule has 0 spiro atoms. The van der Waals surface area contributed by atoms with E-state index in [-0.39, 0.29) is 46.9 Å². The highest BCUT2D eigenvalue weighted by molar-refractivity contribution is 7.90. The predicted molar refractivity (Wildman–Crippen MR) is 118 cm³/mol. The van der Waals surface area contributed by atoms with Crippen LogP contribution in [0.4, 0.5) is 0 Å². The van der Waals surface area contributed by atoms with Crippen LogP contribution in [-0.4, -0.2) is 54.6 Å². The Bertz CT molecular complexity index is 1370. The van der Waals surface area contributed by atoms with E-state index in [2.05, 4.69) is 10.6 Å². The van der Waals surface area contributed by atoms with Crippen molar-refractivity contribution >= 4 is 39.4 Å². The van der Waals surface area contributed by atoms with Crippen LogP contribution in [0.1, 0.15) is 56.4 Å². The van der Waals surface area contributed by atoms with Crippen LogP contribution in [-0.2, 0) is 26.0 Å². The quantitative estimate of drug-likeness (QED) is 0.612. The molecule has 1 saturated heterocycles. The normalized spacial score (nSPS) is 20.1. The van der Waals surface area contributed by atoms with E-state index in [4.69, 9.17) is 0 Å². The Morgan fingerprint density at radius 3 is 2.24 bits per heavy atom. The lowest BCUT2D eigenvalue weighted by molar-refractivity contribution is -0.142. The minimum absolute atomic E-state index is 0.0433. The lowest BCUT2D eigenvalue weighted by atomic mass is 9.89. The van der Waals surface area contributed by atoms with Crippen molar-refractivity contribution in [1.29, 1.82) is 0 Å². The Kier molecular flexibility index (Phi) is 5.60. The summed E-state index contributed by atoms with van der Waals surface area (Å²) in [6.45, 7) is 1.75. The van der Waals surface area contributed by atoms with E-state index in [9.17, 15) is 32.4 Å². The van der Waals surface area contributed by atoms with Gasteiger partial charge in [0, 0.05) is 35.9 Å². The van der Waals surface area contributed by atoms with Gasteiger partial charge in [-0.25, -0.2) is 8.42 Å². The molecule has 11 heteroatoms. The van der Waals surface area contributed by atoms with Gasteiger partial charge < -0.3 is 4.90 Å². The van der Waals surface area contributed by atoms with Gasteiger partial charge in [0.2, 0.25) is 5.91 Å². The molecule has 1 fully saturated rings. The Labute approximate surface area is 195 Å². The van der Waals surface area contributed by atoms with Crippen molar-refractivity contribution < 1.29 is 32.4 Å². The maximum atomic E-state index is 13.1. The number of sulfone groups is 1. The first-order valence-electron chi connectivity index (χ1n) is 10.3. The Hall–Kier alpha value is -3.86. The second kappa shape index (κ2) is 8.17. The molecule has 2 heterocycles. The number of amides is 5. The maximum Gasteiger partial charge on any atom is 0.258 e. The molecule has 0 aromatic heterocycles. The summed E-state index contributed by atoms with van der Waals surface area (Å²) in [4.78, 5) is 63.5. The second-order valence-corrected chi connectivity index (χ2v) is 10.5.